The summed E-state index contributed by atoms with van der Waals surface area (Å²) in [6.07, 6.45) is 4.30. The van der Waals surface area contributed by atoms with Crippen LogP contribution in [0.25, 0.3) is 5.69 Å². The van der Waals surface area contributed by atoms with Crippen LogP contribution in [0.2, 0.25) is 0 Å². The van der Waals surface area contributed by atoms with Gasteiger partial charge in [0, 0.05) is 56.3 Å². The zero-order chi connectivity index (χ0) is 31.6. The molecule has 3 aliphatic heterocycles. The van der Waals surface area contributed by atoms with E-state index in [1.165, 1.54) is 0 Å². The molecular weight excluding hydrogens is 655 g/mol. The summed E-state index contributed by atoms with van der Waals surface area (Å²) in [7, 11) is -3.36. The van der Waals surface area contributed by atoms with Crippen LogP contribution in [0, 0.1) is 19.8 Å². The van der Waals surface area contributed by atoms with E-state index in [4.69, 9.17) is 9.84 Å². The Kier molecular flexibility index (Phi) is 12.9. The van der Waals surface area contributed by atoms with E-state index in [1.54, 1.807) is 17.0 Å². The predicted octanol–water partition coefficient (Wildman–Crippen LogP) is 2.95. The van der Waals surface area contributed by atoms with Crippen LogP contribution < -0.4 is 10.0 Å². The number of carbonyl (C=O) groups is 2. The normalized spacial score (nSPS) is 21.3. The van der Waals surface area contributed by atoms with Crippen LogP contribution in [0.1, 0.15) is 62.4 Å². The minimum atomic E-state index is -3.36. The van der Waals surface area contributed by atoms with E-state index in [0.717, 1.165) is 41.7 Å². The number of piperidine rings is 1. The molecule has 15 heteroatoms. The number of amides is 2. The number of nitrogens with one attached hydrogen (secondary N) is 2. The van der Waals surface area contributed by atoms with E-state index in [1.807, 2.05) is 30.7 Å². The van der Waals surface area contributed by atoms with Crippen molar-refractivity contribution in [3.63, 3.8) is 0 Å². The number of anilines is 1. The number of rotatable bonds is 10. The molecule has 5 rings (SSSR count). The first-order valence-corrected chi connectivity index (χ1v) is 17.6. The number of aliphatic hydroxyl groups is 1. The lowest BCUT2D eigenvalue weighted by molar-refractivity contribution is -0.166. The molecule has 258 valence electrons. The third-order valence-electron chi connectivity index (χ3n) is 9.50. The summed E-state index contributed by atoms with van der Waals surface area (Å²) in [5.41, 5.74) is 3.40. The number of carbonyl (C=O) groups excluding carboxylic acids is 2. The van der Waals surface area contributed by atoms with Gasteiger partial charge in [-0.05, 0) is 76.1 Å². The second kappa shape index (κ2) is 15.7. The van der Waals surface area contributed by atoms with Gasteiger partial charge in [0.2, 0.25) is 21.8 Å². The summed E-state index contributed by atoms with van der Waals surface area (Å²) in [5.74, 6) is -0.398. The van der Waals surface area contributed by atoms with Gasteiger partial charge < -0.3 is 20.1 Å². The molecule has 4 heterocycles. The number of hydrogen-bond acceptors (Lipinski definition) is 8. The van der Waals surface area contributed by atoms with Crippen LogP contribution in [0.5, 0.6) is 0 Å². The molecule has 0 unspecified atom stereocenters. The molecule has 3 aliphatic rings. The molecule has 3 fully saturated rings. The molecular formula is C31H48Cl2N6O6S. The van der Waals surface area contributed by atoms with Crippen molar-refractivity contribution in [2.45, 2.75) is 83.5 Å². The Morgan fingerprint density at radius 2 is 1.74 bits per heavy atom. The highest BCUT2D eigenvalue weighted by atomic mass is 35.5. The predicted molar refractivity (Wildman–Crippen MR) is 181 cm³/mol. The molecule has 0 saturated carbocycles. The van der Waals surface area contributed by atoms with Crippen LogP contribution in [-0.4, -0.2) is 102 Å². The molecule has 2 amide bonds. The number of aryl methyl sites for hydroxylation is 1. The van der Waals surface area contributed by atoms with Gasteiger partial charge >= 0.3 is 0 Å². The molecule has 2 atom stereocenters. The molecule has 1 aromatic carbocycles. The van der Waals surface area contributed by atoms with E-state index in [9.17, 15) is 23.1 Å². The number of hydrogen-bond donors (Lipinski definition) is 3. The second-order valence-electron chi connectivity index (χ2n) is 12.5. The fraction of sp³-hybridized carbons (Fsp3) is 0.645. The van der Waals surface area contributed by atoms with Crippen molar-refractivity contribution in [3.8, 4) is 5.69 Å². The lowest BCUT2D eigenvalue weighted by Gasteiger charge is -2.52. The number of ether oxygens (including phenoxy) is 1. The number of nitrogens with zero attached hydrogens (tertiary/aromatic N) is 4. The molecule has 3 N–H and O–H groups in total. The maximum Gasteiger partial charge on any atom is 0.248 e. The molecule has 0 radical (unpaired) electrons. The highest BCUT2D eigenvalue weighted by Gasteiger charge is 2.55. The summed E-state index contributed by atoms with van der Waals surface area (Å²) < 4.78 is 32.9. The van der Waals surface area contributed by atoms with E-state index < -0.39 is 27.7 Å². The second-order valence-corrected chi connectivity index (χ2v) is 14.3. The highest BCUT2D eigenvalue weighted by molar-refractivity contribution is 7.92. The maximum atomic E-state index is 13.9. The van der Waals surface area contributed by atoms with Gasteiger partial charge in [-0.1, -0.05) is 13.3 Å². The minimum Gasteiger partial charge on any atom is -0.390 e. The topological polar surface area (TPSA) is 146 Å². The van der Waals surface area contributed by atoms with Crippen LogP contribution in [0.15, 0.2) is 24.3 Å². The average molecular weight is 704 g/mol. The van der Waals surface area contributed by atoms with E-state index in [2.05, 4.69) is 21.9 Å². The Labute approximate surface area is 284 Å². The number of aromatic nitrogens is 2. The first-order chi connectivity index (χ1) is 20.9. The average Bonchev–Trinajstić information content (AvgIpc) is 3.28. The Balaban J connectivity index is 0.00000288. The number of halogens is 2. The molecule has 0 bridgehead atoms. The zero-order valence-corrected chi connectivity index (χ0v) is 29.5. The Morgan fingerprint density at radius 3 is 2.33 bits per heavy atom. The van der Waals surface area contributed by atoms with Gasteiger partial charge in [0.05, 0.1) is 23.7 Å². The van der Waals surface area contributed by atoms with Crippen LogP contribution >= 0.6 is 24.8 Å². The van der Waals surface area contributed by atoms with Gasteiger partial charge in [-0.25, -0.2) is 13.1 Å². The molecule has 0 aliphatic carbocycles. The van der Waals surface area contributed by atoms with Crippen molar-refractivity contribution in [1.82, 2.24) is 24.9 Å². The quantitative estimate of drug-likeness (QED) is 0.343. The molecule has 3 saturated heterocycles. The van der Waals surface area contributed by atoms with Crippen LogP contribution in [0.4, 0.5) is 5.69 Å². The van der Waals surface area contributed by atoms with Gasteiger partial charge in [0.15, 0.2) is 0 Å². The standard InChI is InChI=1S/C31H46N6O6S.2ClH/c1-5-6-15-36-29(39)27(28(38)23-11-18-43-19-12-23)32-30(40)31(36)13-16-35(17-14-31)20-26-21(2)33-37(22(26)3)25-9-7-24(8-10-25)34-44(4,41)42;;/h7-10,23,27-28,34,38H,5-6,11-20H2,1-4H3,(H,32,40);2*1H/t27-,28-;;/m1../s1. The summed E-state index contributed by atoms with van der Waals surface area (Å²) in [5, 5.41) is 18.9. The summed E-state index contributed by atoms with van der Waals surface area (Å²) in [6, 6.07) is 6.17. The minimum absolute atomic E-state index is 0. The molecule has 2 aromatic rings. The van der Waals surface area contributed by atoms with Gasteiger partial charge in [-0.2, -0.15) is 5.10 Å². The lowest BCUT2D eigenvalue weighted by Crippen LogP contribution is -2.75. The van der Waals surface area contributed by atoms with E-state index in [-0.39, 0.29) is 42.5 Å². The largest absolute Gasteiger partial charge is 0.390 e. The first kappa shape index (κ1) is 38.0. The highest BCUT2D eigenvalue weighted by Crippen LogP contribution is 2.36. The van der Waals surface area contributed by atoms with E-state index in [0.29, 0.717) is 70.8 Å². The Bertz CT molecular complexity index is 1460. The number of likely N-dealkylation sites (tertiary alicyclic amines) is 1. The van der Waals surface area contributed by atoms with Crippen LogP contribution in [-0.2, 0) is 30.9 Å². The molecule has 1 aromatic heterocycles. The van der Waals surface area contributed by atoms with Crippen molar-refractivity contribution < 1.29 is 27.9 Å². The third-order valence-corrected chi connectivity index (χ3v) is 10.1. The fourth-order valence-electron chi connectivity index (χ4n) is 6.88. The van der Waals surface area contributed by atoms with Gasteiger partial charge in [0.25, 0.3) is 0 Å². The van der Waals surface area contributed by atoms with Crippen molar-refractivity contribution in [3.05, 3.63) is 41.2 Å². The summed E-state index contributed by atoms with van der Waals surface area (Å²) in [4.78, 5) is 31.8. The monoisotopic (exact) mass is 702 g/mol. The number of benzene rings is 1. The fourth-order valence-corrected chi connectivity index (χ4v) is 7.45. The van der Waals surface area contributed by atoms with Crippen LogP contribution in [0.3, 0.4) is 0 Å². The van der Waals surface area contributed by atoms with Gasteiger partial charge in [-0.3, -0.25) is 19.2 Å². The number of aliphatic hydroxyl groups excluding tert-OH is 1. The van der Waals surface area contributed by atoms with Crippen molar-refractivity contribution in [2.75, 3.05) is 43.8 Å². The Hall–Kier alpha value is -2.42. The first-order valence-electron chi connectivity index (χ1n) is 15.7. The van der Waals surface area contributed by atoms with E-state index >= 15 is 0 Å². The number of unbranched alkanes of at least 4 members (excludes halogenated alkanes) is 1. The SMILES string of the molecule is CCCCN1C(=O)[C@@H]([C@H](O)C2CCOCC2)NC(=O)C12CCN(Cc1c(C)nn(-c3ccc(NS(C)(=O)=O)cc3)c1C)CC2.Cl.Cl. The van der Waals surface area contributed by atoms with Gasteiger partial charge in [-0.15, -0.1) is 24.8 Å². The smallest absolute Gasteiger partial charge is 0.248 e. The molecule has 1 spiro atoms. The van der Waals surface area contributed by atoms with Crippen molar-refractivity contribution in [2.24, 2.45) is 5.92 Å². The third kappa shape index (κ3) is 7.99. The maximum absolute atomic E-state index is 13.9. The molecule has 46 heavy (non-hydrogen) atoms. The number of sulfonamides is 1. The number of piperazine rings is 1. The Morgan fingerprint density at radius 1 is 1.11 bits per heavy atom. The summed E-state index contributed by atoms with van der Waals surface area (Å²) in [6.45, 7) is 9.65. The zero-order valence-electron chi connectivity index (χ0n) is 27.0. The lowest BCUT2D eigenvalue weighted by atomic mass is 9.79. The van der Waals surface area contributed by atoms with Crippen molar-refractivity contribution in [1.29, 1.82) is 0 Å². The van der Waals surface area contributed by atoms with Crippen molar-refractivity contribution >= 4 is 52.3 Å². The molecule has 12 nitrogen and oxygen atoms in total. The van der Waals surface area contributed by atoms with Gasteiger partial charge in [0.1, 0.15) is 11.6 Å². The summed E-state index contributed by atoms with van der Waals surface area (Å²) >= 11 is 0.